The molecule has 0 radical (unpaired) electrons. The Morgan fingerprint density at radius 1 is 1.20 bits per heavy atom. The highest BCUT2D eigenvalue weighted by Gasteiger charge is 2.06. The Morgan fingerprint density at radius 3 is 2.65 bits per heavy atom. The van der Waals surface area contributed by atoms with E-state index < -0.39 is 0 Å². The summed E-state index contributed by atoms with van der Waals surface area (Å²) in [6.07, 6.45) is 3.57. The zero-order chi connectivity index (χ0) is 14.2. The Kier molecular flexibility index (Phi) is 5.81. The molecule has 1 aromatic carbocycles. The van der Waals surface area contributed by atoms with Crippen molar-refractivity contribution in [3.05, 3.63) is 52.2 Å². The minimum atomic E-state index is 0.225. The van der Waals surface area contributed by atoms with Crippen molar-refractivity contribution in [2.45, 2.75) is 32.6 Å². The van der Waals surface area contributed by atoms with Crippen molar-refractivity contribution in [1.29, 1.82) is 0 Å². The molecule has 0 aliphatic heterocycles. The van der Waals surface area contributed by atoms with Gasteiger partial charge in [0.2, 0.25) is 0 Å². The fraction of sp³-hybridized carbons (Fsp3) is 0.353. The van der Waals surface area contributed by atoms with E-state index >= 15 is 0 Å². The maximum absolute atomic E-state index is 11.9. The number of aryl methyl sites for hydroxylation is 1. The number of carbonyl (C=O) groups excluding carboxylic acids is 1. The Hall–Kier alpha value is -1.61. The summed E-state index contributed by atoms with van der Waals surface area (Å²) in [4.78, 5) is 12.8. The van der Waals surface area contributed by atoms with Gasteiger partial charge in [0.1, 0.15) is 5.75 Å². The van der Waals surface area contributed by atoms with Crippen LogP contribution in [0, 0.1) is 0 Å². The van der Waals surface area contributed by atoms with Crippen molar-refractivity contribution in [2.24, 2.45) is 0 Å². The first-order chi connectivity index (χ1) is 9.79. The molecule has 20 heavy (non-hydrogen) atoms. The smallest absolute Gasteiger partial charge is 0.173 e. The Morgan fingerprint density at radius 2 is 2.00 bits per heavy atom. The van der Waals surface area contributed by atoms with Crippen molar-refractivity contribution < 1.29 is 9.53 Å². The van der Waals surface area contributed by atoms with E-state index in [9.17, 15) is 4.79 Å². The summed E-state index contributed by atoms with van der Waals surface area (Å²) in [7, 11) is 0. The lowest BCUT2D eigenvalue weighted by molar-refractivity contribution is 0.0987. The molecule has 1 heterocycles. The number of hydrogen-bond acceptors (Lipinski definition) is 3. The number of benzene rings is 1. The van der Waals surface area contributed by atoms with E-state index in [1.54, 1.807) is 0 Å². The highest BCUT2D eigenvalue weighted by Crippen LogP contribution is 2.16. The Balaban J connectivity index is 1.80. The first-order valence-corrected chi connectivity index (χ1v) is 7.96. The molecular formula is C17H20O2S. The van der Waals surface area contributed by atoms with E-state index in [0.717, 1.165) is 36.5 Å². The zero-order valence-electron chi connectivity index (χ0n) is 11.8. The van der Waals surface area contributed by atoms with Crippen molar-refractivity contribution in [3.63, 3.8) is 0 Å². The molecule has 0 saturated heterocycles. The number of rotatable bonds is 8. The summed E-state index contributed by atoms with van der Waals surface area (Å²) >= 11 is 1.51. The van der Waals surface area contributed by atoms with Gasteiger partial charge in [-0.05, 0) is 42.0 Å². The molecule has 2 rings (SSSR count). The van der Waals surface area contributed by atoms with Crippen LogP contribution in [0.5, 0.6) is 5.75 Å². The molecule has 0 atom stereocenters. The summed E-state index contributed by atoms with van der Waals surface area (Å²) in [6.45, 7) is 2.92. The molecule has 1 aromatic heterocycles. The van der Waals surface area contributed by atoms with Crippen LogP contribution in [0.25, 0.3) is 0 Å². The average Bonchev–Trinajstić information content (AvgIpc) is 3.01. The zero-order valence-corrected chi connectivity index (χ0v) is 12.6. The monoisotopic (exact) mass is 288 g/mol. The van der Waals surface area contributed by atoms with E-state index in [2.05, 4.69) is 6.92 Å². The lowest BCUT2D eigenvalue weighted by Gasteiger charge is -2.06. The minimum Gasteiger partial charge on any atom is -0.494 e. The van der Waals surface area contributed by atoms with Crippen LogP contribution in [0.1, 0.15) is 41.4 Å². The average molecular weight is 288 g/mol. The molecular weight excluding hydrogens is 268 g/mol. The van der Waals surface area contributed by atoms with Crippen LogP contribution < -0.4 is 4.74 Å². The fourth-order valence-corrected chi connectivity index (χ4v) is 2.60. The van der Waals surface area contributed by atoms with Crippen molar-refractivity contribution in [2.75, 3.05) is 6.61 Å². The van der Waals surface area contributed by atoms with Crippen LogP contribution in [0.4, 0.5) is 0 Å². The summed E-state index contributed by atoms with van der Waals surface area (Å²) < 4.78 is 5.62. The molecule has 0 amide bonds. The van der Waals surface area contributed by atoms with E-state index in [1.165, 1.54) is 16.9 Å². The molecule has 2 aromatic rings. The lowest BCUT2D eigenvalue weighted by atomic mass is 10.1. The van der Waals surface area contributed by atoms with Crippen LogP contribution in [0.2, 0.25) is 0 Å². The van der Waals surface area contributed by atoms with Crippen molar-refractivity contribution >= 4 is 17.1 Å². The standard InChI is InChI=1S/C17H20O2S/c1-2-3-12-19-15-9-6-14(7-10-15)8-11-16(18)17-5-4-13-20-17/h4-7,9-10,13H,2-3,8,11-12H2,1H3. The number of ether oxygens (including phenoxy) is 1. The van der Waals surface area contributed by atoms with Crippen LogP contribution in [-0.2, 0) is 6.42 Å². The van der Waals surface area contributed by atoms with Gasteiger partial charge in [0.15, 0.2) is 5.78 Å². The minimum absolute atomic E-state index is 0.225. The van der Waals surface area contributed by atoms with Gasteiger partial charge >= 0.3 is 0 Å². The van der Waals surface area contributed by atoms with Gasteiger partial charge in [0, 0.05) is 6.42 Å². The molecule has 0 N–H and O–H groups in total. The first kappa shape index (κ1) is 14.8. The lowest BCUT2D eigenvalue weighted by Crippen LogP contribution is -1.99. The van der Waals surface area contributed by atoms with Gasteiger partial charge in [-0.3, -0.25) is 4.79 Å². The second-order valence-corrected chi connectivity index (χ2v) is 5.69. The molecule has 0 spiro atoms. The van der Waals surface area contributed by atoms with Gasteiger partial charge in [-0.1, -0.05) is 31.5 Å². The third kappa shape index (κ3) is 4.49. The normalized spacial score (nSPS) is 10.4. The van der Waals surface area contributed by atoms with E-state index in [0.29, 0.717) is 6.42 Å². The Labute approximate surface area is 124 Å². The van der Waals surface area contributed by atoms with Gasteiger partial charge < -0.3 is 4.74 Å². The molecule has 0 aliphatic rings. The van der Waals surface area contributed by atoms with Crippen LogP contribution in [-0.4, -0.2) is 12.4 Å². The number of thiophene rings is 1. The predicted octanol–water partition coefficient (Wildman–Crippen LogP) is 4.74. The topological polar surface area (TPSA) is 26.3 Å². The summed E-state index contributed by atoms with van der Waals surface area (Å²) in [5, 5.41) is 1.94. The quantitative estimate of drug-likeness (QED) is 0.518. The van der Waals surface area contributed by atoms with E-state index in [-0.39, 0.29) is 5.78 Å². The van der Waals surface area contributed by atoms with Gasteiger partial charge in [-0.25, -0.2) is 0 Å². The molecule has 2 nitrogen and oxygen atoms in total. The summed E-state index contributed by atoms with van der Waals surface area (Å²) in [5.74, 6) is 1.13. The second kappa shape index (κ2) is 7.85. The molecule has 3 heteroatoms. The van der Waals surface area contributed by atoms with Crippen LogP contribution in [0.15, 0.2) is 41.8 Å². The number of Topliss-reactive ketones (excluding diaryl/α,β-unsaturated/α-hetero) is 1. The van der Waals surface area contributed by atoms with Crippen molar-refractivity contribution in [1.82, 2.24) is 0 Å². The van der Waals surface area contributed by atoms with E-state index in [4.69, 9.17) is 4.74 Å². The Bertz CT molecular complexity index is 514. The first-order valence-electron chi connectivity index (χ1n) is 7.08. The van der Waals surface area contributed by atoms with Gasteiger partial charge in [-0.15, -0.1) is 11.3 Å². The molecule has 0 bridgehead atoms. The van der Waals surface area contributed by atoms with Crippen LogP contribution in [0.3, 0.4) is 0 Å². The summed E-state index contributed by atoms with van der Waals surface area (Å²) in [6, 6.07) is 11.9. The highest BCUT2D eigenvalue weighted by atomic mass is 32.1. The third-order valence-corrected chi connectivity index (χ3v) is 4.04. The van der Waals surface area contributed by atoms with Gasteiger partial charge in [-0.2, -0.15) is 0 Å². The van der Waals surface area contributed by atoms with Gasteiger partial charge in [0.25, 0.3) is 0 Å². The molecule has 0 aliphatic carbocycles. The fourth-order valence-electron chi connectivity index (χ4n) is 1.90. The summed E-state index contributed by atoms with van der Waals surface area (Å²) in [5.41, 5.74) is 1.18. The van der Waals surface area contributed by atoms with E-state index in [1.807, 2.05) is 41.8 Å². The molecule has 0 fully saturated rings. The highest BCUT2D eigenvalue weighted by molar-refractivity contribution is 7.12. The maximum Gasteiger partial charge on any atom is 0.173 e. The maximum atomic E-state index is 11.9. The number of hydrogen-bond donors (Lipinski definition) is 0. The molecule has 0 saturated carbocycles. The number of ketones is 1. The SMILES string of the molecule is CCCCOc1ccc(CCC(=O)c2cccs2)cc1. The molecule has 0 unspecified atom stereocenters. The van der Waals surface area contributed by atoms with Gasteiger partial charge in [0.05, 0.1) is 11.5 Å². The third-order valence-electron chi connectivity index (χ3n) is 3.13. The number of unbranched alkanes of at least 4 members (excludes halogenated alkanes) is 1. The predicted molar refractivity (Wildman–Crippen MR) is 83.8 cm³/mol. The molecule has 106 valence electrons. The van der Waals surface area contributed by atoms with Crippen LogP contribution >= 0.6 is 11.3 Å². The van der Waals surface area contributed by atoms with Crippen molar-refractivity contribution in [3.8, 4) is 5.75 Å². The second-order valence-electron chi connectivity index (χ2n) is 4.75. The number of carbonyl (C=O) groups is 1. The largest absolute Gasteiger partial charge is 0.494 e.